The van der Waals surface area contributed by atoms with Crippen LogP contribution in [0.25, 0.3) is 0 Å². The van der Waals surface area contributed by atoms with Crippen molar-refractivity contribution in [3.63, 3.8) is 0 Å². The van der Waals surface area contributed by atoms with E-state index in [2.05, 4.69) is 0 Å². The van der Waals surface area contributed by atoms with Crippen molar-refractivity contribution in [3.05, 3.63) is 0 Å². The van der Waals surface area contributed by atoms with Gasteiger partial charge < -0.3 is 19.3 Å². The molecule has 0 N–H and O–H groups in total. The number of piperidine rings is 1. The Hall–Kier alpha value is -1.30. The van der Waals surface area contributed by atoms with Crippen LogP contribution < -0.4 is 0 Å². The number of morpholine rings is 1. The van der Waals surface area contributed by atoms with E-state index in [0.717, 1.165) is 19.3 Å². The number of ether oxygens (including phenoxy) is 2. The van der Waals surface area contributed by atoms with E-state index in [-0.39, 0.29) is 24.1 Å². The standard InChI is InChI=1S/C15H26N2O4/c1-5-14(2,3)21-13(19)17-8-6-15(7-9-17)11-20-10-12(18)16(15)4/h5-11H2,1-4H3. The van der Waals surface area contributed by atoms with Crippen LogP contribution in [0, 0.1) is 0 Å². The molecule has 0 atom stereocenters. The summed E-state index contributed by atoms with van der Waals surface area (Å²) in [5.74, 6) is 0.0180. The van der Waals surface area contributed by atoms with Crippen molar-refractivity contribution in [1.29, 1.82) is 0 Å². The van der Waals surface area contributed by atoms with E-state index in [0.29, 0.717) is 19.7 Å². The van der Waals surface area contributed by atoms with Crippen LogP contribution in [0.5, 0.6) is 0 Å². The van der Waals surface area contributed by atoms with E-state index >= 15 is 0 Å². The Morgan fingerprint density at radius 2 is 2.00 bits per heavy atom. The number of likely N-dealkylation sites (tertiary alicyclic amines) is 1. The predicted octanol–water partition coefficient (Wildman–Crippen LogP) is 1.63. The van der Waals surface area contributed by atoms with Gasteiger partial charge in [0.1, 0.15) is 12.2 Å². The summed E-state index contributed by atoms with van der Waals surface area (Å²) < 4.78 is 10.9. The summed E-state index contributed by atoms with van der Waals surface area (Å²) in [6, 6.07) is 0. The minimum Gasteiger partial charge on any atom is -0.443 e. The second kappa shape index (κ2) is 5.83. The Morgan fingerprint density at radius 3 is 2.57 bits per heavy atom. The number of amides is 2. The molecule has 0 saturated carbocycles. The molecule has 0 aliphatic carbocycles. The van der Waals surface area contributed by atoms with Crippen molar-refractivity contribution in [2.75, 3.05) is 33.4 Å². The summed E-state index contributed by atoms with van der Waals surface area (Å²) in [6.45, 7) is 7.74. The Kier molecular flexibility index (Phi) is 4.46. The zero-order chi connectivity index (χ0) is 15.7. The molecule has 2 rings (SSSR count). The molecule has 6 heteroatoms. The molecular weight excluding hydrogens is 272 g/mol. The Labute approximate surface area is 126 Å². The van der Waals surface area contributed by atoms with Gasteiger partial charge in [0.15, 0.2) is 0 Å². The molecule has 120 valence electrons. The maximum Gasteiger partial charge on any atom is 0.410 e. The van der Waals surface area contributed by atoms with Crippen LogP contribution in [-0.4, -0.2) is 66.3 Å². The smallest absolute Gasteiger partial charge is 0.410 e. The summed E-state index contributed by atoms with van der Waals surface area (Å²) in [6.07, 6.45) is 1.98. The van der Waals surface area contributed by atoms with Crippen molar-refractivity contribution in [3.8, 4) is 0 Å². The van der Waals surface area contributed by atoms with Crippen LogP contribution >= 0.6 is 0 Å². The third kappa shape index (κ3) is 3.31. The van der Waals surface area contributed by atoms with Crippen LogP contribution in [0.15, 0.2) is 0 Å². The van der Waals surface area contributed by atoms with E-state index in [1.807, 2.05) is 27.8 Å². The van der Waals surface area contributed by atoms with Crippen LogP contribution in [0.1, 0.15) is 40.0 Å². The van der Waals surface area contributed by atoms with Gasteiger partial charge in [0.25, 0.3) is 0 Å². The molecule has 2 aliphatic heterocycles. The van der Waals surface area contributed by atoms with E-state index < -0.39 is 5.60 Å². The second-order valence-corrected chi connectivity index (χ2v) is 6.64. The molecule has 0 aromatic carbocycles. The van der Waals surface area contributed by atoms with Crippen molar-refractivity contribution in [2.24, 2.45) is 0 Å². The lowest BCUT2D eigenvalue weighted by molar-refractivity contribution is -0.159. The average Bonchev–Trinajstić information content (AvgIpc) is 2.45. The Morgan fingerprint density at radius 1 is 1.38 bits per heavy atom. The summed E-state index contributed by atoms with van der Waals surface area (Å²) in [5.41, 5.74) is -0.695. The van der Waals surface area contributed by atoms with Gasteiger partial charge in [-0.25, -0.2) is 4.79 Å². The fourth-order valence-electron chi connectivity index (χ4n) is 2.74. The van der Waals surface area contributed by atoms with Gasteiger partial charge in [-0.05, 0) is 33.1 Å². The minimum atomic E-state index is -0.438. The highest BCUT2D eigenvalue weighted by Crippen LogP contribution is 2.31. The largest absolute Gasteiger partial charge is 0.443 e. The first kappa shape index (κ1) is 16.1. The number of likely N-dealkylation sites (N-methyl/N-ethyl adjacent to an activating group) is 1. The summed E-state index contributed by atoms with van der Waals surface area (Å²) in [5, 5.41) is 0. The first-order valence-electron chi connectivity index (χ1n) is 7.62. The monoisotopic (exact) mass is 298 g/mol. The number of carbonyl (C=O) groups excluding carboxylic acids is 2. The molecule has 0 aromatic heterocycles. The van der Waals surface area contributed by atoms with Gasteiger partial charge in [0, 0.05) is 20.1 Å². The zero-order valence-electron chi connectivity index (χ0n) is 13.5. The third-order valence-corrected chi connectivity index (χ3v) is 4.85. The Balaban J connectivity index is 1.94. The van der Waals surface area contributed by atoms with Gasteiger partial charge >= 0.3 is 6.09 Å². The molecule has 2 fully saturated rings. The fraction of sp³-hybridized carbons (Fsp3) is 0.867. The molecule has 0 radical (unpaired) electrons. The highest BCUT2D eigenvalue weighted by atomic mass is 16.6. The lowest BCUT2D eigenvalue weighted by Crippen LogP contribution is -2.62. The molecule has 2 saturated heterocycles. The summed E-state index contributed by atoms with van der Waals surface area (Å²) >= 11 is 0. The SMILES string of the molecule is CCC(C)(C)OC(=O)N1CCC2(CC1)COCC(=O)N2C. The molecule has 0 unspecified atom stereocenters. The van der Waals surface area contributed by atoms with E-state index in [1.165, 1.54) is 0 Å². The van der Waals surface area contributed by atoms with Gasteiger partial charge in [0.2, 0.25) is 5.91 Å². The topological polar surface area (TPSA) is 59.1 Å². The van der Waals surface area contributed by atoms with Crippen molar-refractivity contribution < 1.29 is 19.1 Å². The number of rotatable bonds is 2. The van der Waals surface area contributed by atoms with Gasteiger partial charge in [-0.2, -0.15) is 0 Å². The molecule has 2 aliphatic rings. The summed E-state index contributed by atoms with van der Waals surface area (Å²) in [4.78, 5) is 27.5. The van der Waals surface area contributed by atoms with Gasteiger partial charge in [-0.15, -0.1) is 0 Å². The minimum absolute atomic E-state index is 0.0180. The molecule has 2 heterocycles. The quantitative estimate of drug-likeness (QED) is 0.777. The third-order valence-electron chi connectivity index (χ3n) is 4.85. The highest BCUT2D eigenvalue weighted by molar-refractivity contribution is 5.79. The molecule has 2 amide bonds. The maximum absolute atomic E-state index is 12.2. The average molecular weight is 298 g/mol. The number of nitrogens with zero attached hydrogens (tertiary/aromatic N) is 2. The lowest BCUT2D eigenvalue weighted by Gasteiger charge is -2.49. The number of hydrogen-bond donors (Lipinski definition) is 0. The number of carbonyl (C=O) groups is 2. The molecule has 6 nitrogen and oxygen atoms in total. The first-order chi connectivity index (χ1) is 9.80. The van der Waals surface area contributed by atoms with Crippen LogP contribution in [0.3, 0.4) is 0 Å². The lowest BCUT2D eigenvalue weighted by atomic mass is 9.86. The normalized spacial score (nSPS) is 22.6. The second-order valence-electron chi connectivity index (χ2n) is 6.64. The van der Waals surface area contributed by atoms with Crippen LogP contribution in [-0.2, 0) is 14.3 Å². The number of hydrogen-bond acceptors (Lipinski definition) is 4. The van der Waals surface area contributed by atoms with E-state index in [1.54, 1.807) is 9.80 Å². The van der Waals surface area contributed by atoms with E-state index in [4.69, 9.17) is 9.47 Å². The predicted molar refractivity (Wildman–Crippen MR) is 78.0 cm³/mol. The molecular formula is C15H26N2O4. The molecule has 0 bridgehead atoms. The van der Waals surface area contributed by atoms with Crippen molar-refractivity contribution in [1.82, 2.24) is 9.80 Å². The zero-order valence-corrected chi connectivity index (χ0v) is 13.5. The highest BCUT2D eigenvalue weighted by Gasteiger charge is 2.44. The van der Waals surface area contributed by atoms with Crippen LogP contribution in [0.4, 0.5) is 4.79 Å². The first-order valence-corrected chi connectivity index (χ1v) is 7.62. The van der Waals surface area contributed by atoms with Gasteiger partial charge in [0.05, 0.1) is 12.1 Å². The summed E-state index contributed by atoms with van der Waals surface area (Å²) in [7, 11) is 1.83. The Bertz CT molecular complexity index is 414. The fourth-order valence-corrected chi connectivity index (χ4v) is 2.74. The molecule has 1 spiro atoms. The van der Waals surface area contributed by atoms with Gasteiger partial charge in [-0.3, -0.25) is 4.79 Å². The maximum atomic E-state index is 12.2. The van der Waals surface area contributed by atoms with Gasteiger partial charge in [-0.1, -0.05) is 6.92 Å². The van der Waals surface area contributed by atoms with Crippen molar-refractivity contribution >= 4 is 12.0 Å². The molecule has 21 heavy (non-hydrogen) atoms. The van der Waals surface area contributed by atoms with Crippen molar-refractivity contribution in [2.45, 2.75) is 51.2 Å². The van der Waals surface area contributed by atoms with E-state index in [9.17, 15) is 9.59 Å². The van der Waals surface area contributed by atoms with Crippen LogP contribution in [0.2, 0.25) is 0 Å². The molecule has 0 aromatic rings.